The summed E-state index contributed by atoms with van der Waals surface area (Å²) < 4.78 is 5.78. The molecule has 0 bridgehead atoms. The number of rotatable bonds is 6. The molecule has 0 fully saturated rings. The molecule has 0 N–H and O–H groups in total. The summed E-state index contributed by atoms with van der Waals surface area (Å²) in [6.07, 6.45) is 3.68. The second kappa shape index (κ2) is 8.12. The third kappa shape index (κ3) is 4.97. The number of nitrogens with zero attached hydrogens (tertiary/aromatic N) is 2. The SMILES string of the molecule is C/N=C/c1cc(/C=N/C)cc(COCc2ccccc2)c1. The van der Waals surface area contributed by atoms with Crippen molar-refractivity contribution in [3.8, 4) is 0 Å². The van der Waals surface area contributed by atoms with Gasteiger partial charge in [0.05, 0.1) is 13.2 Å². The van der Waals surface area contributed by atoms with Gasteiger partial charge in [-0.2, -0.15) is 0 Å². The van der Waals surface area contributed by atoms with Crippen molar-refractivity contribution in [2.75, 3.05) is 14.1 Å². The van der Waals surface area contributed by atoms with Gasteiger partial charge in [-0.05, 0) is 40.5 Å². The van der Waals surface area contributed by atoms with Gasteiger partial charge in [-0.1, -0.05) is 30.3 Å². The smallest absolute Gasteiger partial charge is 0.0721 e. The van der Waals surface area contributed by atoms with Crippen molar-refractivity contribution in [1.29, 1.82) is 0 Å². The molecule has 0 unspecified atom stereocenters. The van der Waals surface area contributed by atoms with Crippen LogP contribution in [0.1, 0.15) is 22.3 Å². The van der Waals surface area contributed by atoms with Gasteiger partial charge in [-0.15, -0.1) is 0 Å². The maximum absolute atomic E-state index is 5.78. The van der Waals surface area contributed by atoms with E-state index in [0.29, 0.717) is 13.2 Å². The molecule has 0 radical (unpaired) electrons. The Morgan fingerprint density at radius 2 is 1.38 bits per heavy atom. The molecule has 0 aliphatic carbocycles. The molecular weight excluding hydrogens is 260 g/mol. The van der Waals surface area contributed by atoms with Crippen LogP contribution < -0.4 is 0 Å². The van der Waals surface area contributed by atoms with Gasteiger partial charge in [0, 0.05) is 26.5 Å². The fourth-order valence-corrected chi connectivity index (χ4v) is 2.14. The second-order valence-electron chi connectivity index (χ2n) is 4.76. The lowest BCUT2D eigenvalue weighted by Gasteiger charge is -2.07. The quantitative estimate of drug-likeness (QED) is 0.746. The summed E-state index contributed by atoms with van der Waals surface area (Å²) in [5.41, 5.74) is 4.43. The summed E-state index contributed by atoms with van der Waals surface area (Å²) in [4.78, 5) is 8.13. The molecule has 0 aromatic heterocycles. The Kier molecular flexibility index (Phi) is 5.85. The second-order valence-corrected chi connectivity index (χ2v) is 4.76. The zero-order valence-electron chi connectivity index (χ0n) is 12.5. The highest BCUT2D eigenvalue weighted by molar-refractivity contribution is 5.86. The molecular formula is C18H20N2O. The number of benzene rings is 2. The van der Waals surface area contributed by atoms with Crippen LogP contribution in [-0.4, -0.2) is 26.5 Å². The molecule has 2 aromatic rings. The lowest BCUT2D eigenvalue weighted by molar-refractivity contribution is 0.107. The van der Waals surface area contributed by atoms with Crippen molar-refractivity contribution in [1.82, 2.24) is 0 Å². The Hall–Kier alpha value is -2.26. The maximum Gasteiger partial charge on any atom is 0.0721 e. The van der Waals surface area contributed by atoms with E-state index in [4.69, 9.17) is 4.74 Å². The van der Waals surface area contributed by atoms with Crippen molar-refractivity contribution >= 4 is 12.4 Å². The normalized spacial score (nSPS) is 11.5. The predicted octanol–water partition coefficient (Wildman–Crippen LogP) is 3.50. The number of hydrogen-bond donors (Lipinski definition) is 0. The first-order valence-corrected chi connectivity index (χ1v) is 6.92. The summed E-state index contributed by atoms with van der Waals surface area (Å²) in [5, 5.41) is 0. The van der Waals surface area contributed by atoms with E-state index in [9.17, 15) is 0 Å². The minimum absolute atomic E-state index is 0.574. The monoisotopic (exact) mass is 280 g/mol. The molecule has 0 aliphatic heterocycles. The van der Waals surface area contributed by atoms with Gasteiger partial charge in [0.25, 0.3) is 0 Å². The molecule has 3 nitrogen and oxygen atoms in total. The number of aliphatic imine (C=N–C) groups is 2. The minimum atomic E-state index is 0.574. The van der Waals surface area contributed by atoms with E-state index in [1.807, 2.05) is 30.6 Å². The van der Waals surface area contributed by atoms with Crippen molar-refractivity contribution in [2.24, 2.45) is 9.98 Å². The van der Waals surface area contributed by atoms with Gasteiger partial charge >= 0.3 is 0 Å². The largest absolute Gasteiger partial charge is 0.372 e. The minimum Gasteiger partial charge on any atom is -0.372 e. The van der Waals surface area contributed by atoms with Crippen molar-refractivity contribution in [3.05, 3.63) is 70.8 Å². The average Bonchev–Trinajstić information content (AvgIpc) is 2.49. The van der Waals surface area contributed by atoms with E-state index in [0.717, 1.165) is 16.7 Å². The summed E-state index contributed by atoms with van der Waals surface area (Å²) in [5.74, 6) is 0. The third-order valence-electron chi connectivity index (χ3n) is 2.97. The van der Waals surface area contributed by atoms with Crippen LogP contribution in [0.25, 0.3) is 0 Å². The Morgan fingerprint density at radius 3 is 1.95 bits per heavy atom. The van der Waals surface area contributed by atoms with Crippen molar-refractivity contribution in [2.45, 2.75) is 13.2 Å². The molecule has 0 atom stereocenters. The Bertz CT molecular complexity index is 588. The summed E-state index contributed by atoms with van der Waals surface area (Å²) in [6.45, 7) is 1.19. The standard InChI is InChI=1S/C18H20N2O/c1-19-11-16-8-17(12-20-2)10-18(9-16)14-21-13-15-6-4-3-5-7-15/h3-12H,13-14H2,1-2H3/b19-11+,20-12+. The Morgan fingerprint density at radius 1 is 0.810 bits per heavy atom. The molecule has 0 aliphatic rings. The fraction of sp³-hybridized carbons (Fsp3) is 0.222. The summed E-state index contributed by atoms with van der Waals surface area (Å²) in [6, 6.07) is 16.4. The van der Waals surface area contributed by atoms with Crippen LogP contribution >= 0.6 is 0 Å². The molecule has 2 rings (SSSR count). The third-order valence-corrected chi connectivity index (χ3v) is 2.97. The van der Waals surface area contributed by atoms with Crippen LogP contribution in [0.5, 0.6) is 0 Å². The van der Waals surface area contributed by atoms with Gasteiger partial charge in [0.1, 0.15) is 0 Å². The molecule has 0 amide bonds. The topological polar surface area (TPSA) is 34.0 Å². The van der Waals surface area contributed by atoms with Gasteiger partial charge in [-0.3, -0.25) is 9.98 Å². The molecule has 21 heavy (non-hydrogen) atoms. The van der Waals surface area contributed by atoms with Crippen LogP contribution in [0.3, 0.4) is 0 Å². The maximum atomic E-state index is 5.78. The fourth-order valence-electron chi connectivity index (χ4n) is 2.14. The van der Waals surface area contributed by atoms with Crippen LogP contribution in [0.4, 0.5) is 0 Å². The van der Waals surface area contributed by atoms with Gasteiger partial charge in [-0.25, -0.2) is 0 Å². The van der Waals surface area contributed by atoms with Crippen molar-refractivity contribution in [3.63, 3.8) is 0 Å². The lowest BCUT2D eigenvalue weighted by Crippen LogP contribution is -1.97. The molecule has 2 aromatic carbocycles. The Labute approximate surface area is 126 Å². The van der Waals surface area contributed by atoms with E-state index in [2.05, 4.69) is 40.3 Å². The molecule has 108 valence electrons. The van der Waals surface area contributed by atoms with Crippen LogP contribution in [0, 0.1) is 0 Å². The first-order chi connectivity index (χ1) is 10.3. The van der Waals surface area contributed by atoms with Crippen LogP contribution in [0.15, 0.2) is 58.5 Å². The Balaban J connectivity index is 2.04. The van der Waals surface area contributed by atoms with Crippen molar-refractivity contribution < 1.29 is 4.74 Å². The first kappa shape index (κ1) is 15.1. The summed E-state index contributed by atoms with van der Waals surface area (Å²) >= 11 is 0. The van der Waals surface area contributed by atoms with E-state index in [-0.39, 0.29) is 0 Å². The predicted molar refractivity (Wildman–Crippen MR) is 88.4 cm³/mol. The first-order valence-electron chi connectivity index (χ1n) is 6.92. The van der Waals surface area contributed by atoms with Gasteiger partial charge in [0.15, 0.2) is 0 Å². The zero-order chi connectivity index (χ0) is 14.9. The highest BCUT2D eigenvalue weighted by atomic mass is 16.5. The van der Waals surface area contributed by atoms with E-state index in [1.54, 1.807) is 14.1 Å². The van der Waals surface area contributed by atoms with Crippen LogP contribution in [0.2, 0.25) is 0 Å². The van der Waals surface area contributed by atoms with E-state index < -0.39 is 0 Å². The molecule has 0 saturated carbocycles. The highest BCUT2D eigenvalue weighted by Crippen LogP contribution is 2.11. The molecule has 0 saturated heterocycles. The molecule has 0 spiro atoms. The van der Waals surface area contributed by atoms with E-state index in [1.165, 1.54) is 5.56 Å². The zero-order valence-corrected chi connectivity index (χ0v) is 12.5. The van der Waals surface area contributed by atoms with Gasteiger partial charge in [0.2, 0.25) is 0 Å². The molecule has 3 heteroatoms. The van der Waals surface area contributed by atoms with Crippen LogP contribution in [-0.2, 0) is 18.0 Å². The molecule has 0 heterocycles. The lowest BCUT2D eigenvalue weighted by atomic mass is 10.1. The highest BCUT2D eigenvalue weighted by Gasteiger charge is 2.00. The summed E-state index contributed by atoms with van der Waals surface area (Å²) in [7, 11) is 3.54. The average molecular weight is 280 g/mol. The number of hydrogen-bond acceptors (Lipinski definition) is 3. The van der Waals surface area contributed by atoms with Gasteiger partial charge < -0.3 is 4.74 Å². The number of ether oxygens (including phenoxy) is 1. The van der Waals surface area contributed by atoms with E-state index >= 15 is 0 Å².